The summed E-state index contributed by atoms with van der Waals surface area (Å²) in [6.07, 6.45) is 3.82. The van der Waals surface area contributed by atoms with Crippen molar-refractivity contribution in [1.82, 2.24) is 10.2 Å². The first kappa shape index (κ1) is 17.9. The minimum Gasteiger partial charge on any atom is -0.323 e. The van der Waals surface area contributed by atoms with Crippen LogP contribution in [0.4, 0.5) is 4.79 Å². The van der Waals surface area contributed by atoms with Crippen molar-refractivity contribution in [2.24, 2.45) is 5.92 Å². The Hall–Kier alpha value is -0.910. The van der Waals surface area contributed by atoms with Crippen LogP contribution >= 0.6 is 35.0 Å². The van der Waals surface area contributed by atoms with E-state index in [1.807, 2.05) is 0 Å². The molecular weight excluding hydrogens is 367 g/mol. The maximum atomic E-state index is 12.9. The molecule has 1 aliphatic heterocycles. The highest BCUT2D eigenvalue weighted by Crippen LogP contribution is 2.38. The number of halogens is 2. The fraction of sp³-hybridized carbons (Fsp3) is 0.529. The van der Waals surface area contributed by atoms with Gasteiger partial charge in [-0.15, -0.1) is 11.8 Å². The van der Waals surface area contributed by atoms with E-state index in [0.717, 1.165) is 30.6 Å². The second-order valence-corrected chi connectivity index (χ2v) is 8.41. The quantitative estimate of drug-likeness (QED) is 0.608. The maximum Gasteiger partial charge on any atom is 0.325 e. The van der Waals surface area contributed by atoms with E-state index in [0.29, 0.717) is 22.3 Å². The van der Waals surface area contributed by atoms with Gasteiger partial charge >= 0.3 is 6.03 Å². The highest BCUT2D eigenvalue weighted by molar-refractivity contribution is 7.99. The third kappa shape index (κ3) is 3.26. The lowest BCUT2D eigenvalue weighted by molar-refractivity contribution is -0.134. The van der Waals surface area contributed by atoms with Crippen molar-refractivity contribution in [3.63, 3.8) is 0 Å². The lowest BCUT2D eigenvalue weighted by Gasteiger charge is -2.36. The molecule has 3 rings (SSSR count). The second kappa shape index (κ2) is 7.14. The van der Waals surface area contributed by atoms with Crippen LogP contribution in [-0.2, 0) is 4.79 Å². The molecule has 4 nitrogen and oxygen atoms in total. The zero-order valence-electron chi connectivity index (χ0n) is 13.5. The summed E-state index contributed by atoms with van der Waals surface area (Å²) in [6.45, 7) is 2.42. The summed E-state index contributed by atoms with van der Waals surface area (Å²) >= 11 is 13.6. The van der Waals surface area contributed by atoms with Crippen molar-refractivity contribution in [3.8, 4) is 0 Å². The molecule has 0 bridgehead atoms. The monoisotopic (exact) mass is 386 g/mol. The van der Waals surface area contributed by atoms with E-state index < -0.39 is 5.54 Å². The normalized spacial score (nSPS) is 27.0. The van der Waals surface area contributed by atoms with Gasteiger partial charge in [-0.3, -0.25) is 9.69 Å². The lowest BCUT2D eigenvalue weighted by atomic mass is 9.73. The molecule has 0 aromatic heterocycles. The number of nitrogens with one attached hydrogen (secondary N) is 1. The summed E-state index contributed by atoms with van der Waals surface area (Å²) in [6, 6.07) is 5.01. The molecule has 2 aliphatic rings. The van der Waals surface area contributed by atoms with E-state index >= 15 is 0 Å². The average molecular weight is 387 g/mol. The first-order valence-electron chi connectivity index (χ1n) is 8.16. The topological polar surface area (TPSA) is 49.4 Å². The molecule has 1 saturated heterocycles. The Balaban J connectivity index is 1.64. The van der Waals surface area contributed by atoms with Crippen molar-refractivity contribution < 1.29 is 9.59 Å². The number of benzene rings is 1. The summed E-state index contributed by atoms with van der Waals surface area (Å²) in [5, 5.41) is 4.21. The predicted molar refractivity (Wildman–Crippen MR) is 97.8 cm³/mol. The van der Waals surface area contributed by atoms with Crippen LogP contribution in [0.25, 0.3) is 0 Å². The molecule has 1 aromatic rings. The minimum atomic E-state index is -0.687. The molecule has 3 amide bonds. The Morgan fingerprint density at radius 1 is 1.33 bits per heavy atom. The molecule has 2 fully saturated rings. The molecule has 1 N–H and O–H groups in total. The van der Waals surface area contributed by atoms with Gasteiger partial charge in [0.15, 0.2) is 0 Å². The Morgan fingerprint density at radius 3 is 2.88 bits per heavy atom. The number of imide groups is 1. The zero-order chi connectivity index (χ0) is 17.3. The van der Waals surface area contributed by atoms with Gasteiger partial charge in [0.2, 0.25) is 0 Å². The Bertz CT molecular complexity index is 670. The van der Waals surface area contributed by atoms with Gasteiger partial charge in [-0.05, 0) is 37.0 Å². The van der Waals surface area contributed by atoms with Crippen molar-refractivity contribution in [1.29, 1.82) is 0 Å². The molecule has 130 valence electrons. The standard InChI is InChI=1S/C17H20Cl2N2O2S/c1-11-4-2-3-7-17(11)15(22)21(16(23)20-17)8-9-24-14-10-12(18)5-6-13(14)19/h5-6,10-11H,2-4,7-9H2,1H3,(H,20,23)/t11-,17+/m0/s1. The van der Waals surface area contributed by atoms with Crippen LogP contribution in [-0.4, -0.2) is 34.7 Å². The molecule has 0 unspecified atom stereocenters. The van der Waals surface area contributed by atoms with Crippen molar-refractivity contribution >= 4 is 46.9 Å². The zero-order valence-corrected chi connectivity index (χ0v) is 15.8. The molecule has 1 aliphatic carbocycles. The number of hydrogen-bond acceptors (Lipinski definition) is 3. The molecule has 1 spiro atoms. The number of amides is 3. The van der Waals surface area contributed by atoms with Gasteiger partial charge in [0, 0.05) is 22.2 Å². The fourth-order valence-corrected chi connectivity index (χ4v) is 4.96. The predicted octanol–water partition coefficient (Wildman–Crippen LogP) is 4.59. The van der Waals surface area contributed by atoms with Crippen LogP contribution in [0.15, 0.2) is 23.1 Å². The molecular formula is C17H20Cl2N2O2S. The lowest BCUT2D eigenvalue weighted by Crippen LogP contribution is -2.54. The smallest absolute Gasteiger partial charge is 0.323 e. The second-order valence-electron chi connectivity index (χ2n) is 6.43. The Labute approximate surface area is 156 Å². The van der Waals surface area contributed by atoms with E-state index in [2.05, 4.69) is 12.2 Å². The first-order valence-corrected chi connectivity index (χ1v) is 9.90. The molecule has 7 heteroatoms. The third-order valence-corrected chi connectivity index (χ3v) is 6.68. The summed E-state index contributed by atoms with van der Waals surface area (Å²) in [7, 11) is 0. The summed E-state index contributed by atoms with van der Waals surface area (Å²) in [5.74, 6) is 0.698. The largest absolute Gasteiger partial charge is 0.325 e. The highest BCUT2D eigenvalue weighted by atomic mass is 35.5. The van der Waals surface area contributed by atoms with Crippen LogP contribution in [0.3, 0.4) is 0 Å². The first-order chi connectivity index (χ1) is 11.4. The van der Waals surface area contributed by atoms with Gasteiger partial charge in [0.1, 0.15) is 5.54 Å². The van der Waals surface area contributed by atoms with Crippen LogP contribution < -0.4 is 5.32 Å². The fourth-order valence-electron chi connectivity index (χ4n) is 3.53. The van der Waals surface area contributed by atoms with Gasteiger partial charge in [0.05, 0.1) is 5.02 Å². The molecule has 1 heterocycles. The number of rotatable bonds is 4. The van der Waals surface area contributed by atoms with E-state index in [9.17, 15) is 9.59 Å². The third-order valence-electron chi connectivity index (χ3n) is 4.97. The van der Waals surface area contributed by atoms with Crippen molar-refractivity contribution in [2.75, 3.05) is 12.3 Å². The molecule has 24 heavy (non-hydrogen) atoms. The van der Waals surface area contributed by atoms with Crippen LogP contribution in [0, 0.1) is 5.92 Å². The Kier molecular flexibility index (Phi) is 5.33. The number of hydrogen-bond donors (Lipinski definition) is 1. The van der Waals surface area contributed by atoms with E-state index in [1.165, 1.54) is 16.7 Å². The van der Waals surface area contributed by atoms with Crippen LogP contribution in [0.2, 0.25) is 10.0 Å². The van der Waals surface area contributed by atoms with Gasteiger partial charge in [-0.25, -0.2) is 4.79 Å². The van der Waals surface area contributed by atoms with E-state index in [1.54, 1.807) is 18.2 Å². The molecule has 1 aromatic carbocycles. The summed E-state index contributed by atoms with van der Waals surface area (Å²) in [5.41, 5.74) is -0.687. The van der Waals surface area contributed by atoms with Gasteiger partial charge in [-0.1, -0.05) is 43.0 Å². The van der Waals surface area contributed by atoms with Crippen LogP contribution in [0.1, 0.15) is 32.6 Å². The number of thioether (sulfide) groups is 1. The number of carbonyl (C=O) groups is 2. The number of urea groups is 1. The molecule has 2 atom stereocenters. The maximum absolute atomic E-state index is 12.9. The summed E-state index contributed by atoms with van der Waals surface area (Å²) in [4.78, 5) is 27.4. The SMILES string of the molecule is C[C@H]1CCCC[C@@]12NC(=O)N(CCSc1cc(Cl)ccc1Cl)C2=O. The average Bonchev–Trinajstić information content (AvgIpc) is 2.78. The van der Waals surface area contributed by atoms with Crippen molar-refractivity contribution in [3.05, 3.63) is 28.2 Å². The highest BCUT2D eigenvalue weighted by Gasteiger charge is 2.54. The van der Waals surface area contributed by atoms with Gasteiger partial charge in [0.25, 0.3) is 5.91 Å². The van der Waals surface area contributed by atoms with Gasteiger partial charge < -0.3 is 5.32 Å². The number of carbonyl (C=O) groups excluding carboxylic acids is 2. The summed E-state index contributed by atoms with van der Waals surface area (Å²) < 4.78 is 0. The molecule has 0 radical (unpaired) electrons. The van der Waals surface area contributed by atoms with E-state index in [-0.39, 0.29) is 17.9 Å². The molecule has 1 saturated carbocycles. The number of nitrogens with zero attached hydrogens (tertiary/aromatic N) is 1. The minimum absolute atomic E-state index is 0.0718. The van der Waals surface area contributed by atoms with Crippen LogP contribution in [0.5, 0.6) is 0 Å². The van der Waals surface area contributed by atoms with E-state index in [4.69, 9.17) is 23.2 Å². The van der Waals surface area contributed by atoms with Crippen molar-refractivity contribution in [2.45, 2.75) is 43.0 Å². The Morgan fingerprint density at radius 2 is 2.12 bits per heavy atom. The van der Waals surface area contributed by atoms with Gasteiger partial charge in [-0.2, -0.15) is 0 Å².